The molecule has 0 heterocycles. The number of rotatable bonds is 4. The molecule has 0 bridgehead atoms. The predicted octanol–water partition coefficient (Wildman–Crippen LogP) is 3.23. The molecule has 0 saturated heterocycles. The van der Waals surface area contributed by atoms with E-state index in [9.17, 15) is 14.7 Å². The summed E-state index contributed by atoms with van der Waals surface area (Å²) in [4.78, 5) is 23.6. The zero-order chi connectivity index (χ0) is 17.3. The van der Waals surface area contributed by atoms with Crippen molar-refractivity contribution < 1.29 is 28.9 Å². The van der Waals surface area contributed by atoms with Crippen LogP contribution in [0.3, 0.4) is 0 Å². The fourth-order valence-corrected chi connectivity index (χ4v) is 2.37. The first-order valence-electron chi connectivity index (χ1n) is 7.07. The van der Waals surface area contributed by atoms with Crippen molar-refractivity contribution in [3.63, 3.8) is 0 Å². The van der Waals surface area contributed by atoms with Gasteiger partial charge in [0.05, 0.1) is 19.8 Å². The summed E-state index contributed by atoms with van der Waals surface area (Å²) < 4.78 is 14.4. The Kier molecular flexibility index (Phi) is 3.95. The molecule has 0 fully saturated rings. The molecule has 0 saturated carbocycles. The summed E-state index contributed by atoms with van der Waals surface area (Å²) >= 11 is 0. The summed E-state index contributed by atoms with van der Waals surface area (Å²) in [6, 6.07) is 9.55. The van der Waals surface area contributed by atoms with Crippen LogP contribution in [0, 0.1) is 0 Å². The number of carbonyl (C=O) groups excluding carboxylic acids is 2. The molecule has 6 heteroatoms. The van der Waals surface area contributed by atoms with Crippen molar-refractivity contribution in [3.8, 4) is 11.5 Å². The van der Waals surface area contributed by atoms with E-state index in [1.54, 1.807) is 43.5 Å². The maximum atomic E-state index is 12.5. The minimum absolute atomic E-state index is 0.173. The number of aromatic hydroxyl groups is 1. The molecule has 1 aliphatic carbocycles. The van der Waals surface area contributed by atoms with Gasteiger partial charge < -0.3 is 19.3 Å². The summed E-state index contributed by atoms with van der Waals surface area (Å²) in [6.07, 6.45) is 0.751. The molecule has 1 aliphatic rings. The lowest BCUT2D eigenvalue weighted by atomic mass is 9.90. The van der Waals surface area contributed by atoms with Crippen LogP contribution in [-0.2, 0) is 9.47 Å². The highest BCUT2D eigenvalue weighted by Gasteiger charge is 2.25. The van der Waals surface area contributed by atoms with E-state index < -0.39 is 6.16 Å². The van der Waals surface area contributed by atoms with Gasteiger partial charge >= 0.3 is 6.16 Å². The summed E-state index contributed by atoms with van der Waals surface area (Å²) in [5.41, 5.74) is 1.85. The summed E-state index contributed by atoms with van der Waals surface area (Å²) in [5, 5.41) is 10.1. The van der Waals surface area contributed by atoms with Crippen molar-refractivity contribution in [2.45, 2.75) is 0 Å². The fourth-order valence-electron chi connectivity index (χ4n) is 2.37. The Morgan fingerprint density at radius 3 is 2.38 bits per heavy atom. The molecule has 0 unspecified atom stereocenters. The molecule has 0 radical (unpaired) electrons. The number of phenolic OH excluding ortho intramolecular Hbond substituents is 1. The second-order valence-corrected chi connectivity index (χ2v) is 5.08. The summed E-state index contributed by atoms with van der Waals surface area (Å²) in [6.45, 7) is 0. The van der Waals surface area contributed by atoms with Crippen LogP contribution < -0.4 is 4.74 Å². The number of carbonyl (C=O) groups is 2. The van der Waals surface area contributed by atoms with Crippen LogP contribution in [0.25, 0.3) is 11.8 Å². The quantitative estimate of drug-likeness (QED) is 0.686. The molecule has 0 spiro atoms. The standard InChI is InChI=1S/C18H14O6/c1-22-12-5-3-10(4-6-12)17(20)14-7-11-8-16(24-18(21)23-2)13(11)9-15(14)19/h3-9,19H,1-2H3. The third-order valence-electron chi connectivity index (χ3n) is 3.68. The highest BCUT2D eigenvalue weighted by Crippen LogP contribution is 2.38. The SMILES string of the molecule is COC(=O)OC1=Cc2cc(C(=O)c3ccc(OC)cc3)c(O)cc21. The van der Waals surface area contributed by atoms with E-state index in [2.05, 4.69) is 4.74 Å². The molecule has 0 atom stereocenters. The lowest BCUT2D eigenvalue weighted by Crippen LogP contribution is -2.11. The number of ketones is 1. The first kappa shape index (κ1) is 15.6. The molecule has 1 N–H and O–H groups in total. The highest BCUT2D eigenvalue weighted by molar-refractivity contribution is 6.12. The second kappa shape index (κ2) is 6.08. The average molecular weight is 326 g/mol. The maximum absolute atomic E-state index is 12.5. The fraction of sp³-hybridized carbons (Fsp3) is 0.111. The molecule has 0 aliphatic heterocycles. The van der Waals surface area contributed by atoms with Crippen LogP contribution in [0.5, 0.6) is 11.5 Å². The van der Waals surface area contributed by atoms with Crippen molar-refractivity contribution in [1.82, 2.24) is 0 Å². The van der Waals surface area contributed by atoms with Crippen molar-refractivity contribution in [2.24, 2.45) is 0 Å². The summed E-state index contributed by atoms with van der Waals surface area (Å²) in [5.74, 6) is 0.429. The monoisotopic (exact) mass is 326 g/mol. The molecular formula is C18H14O6. The van der Waals surface area contributed by atoms with E-state index in [4.69, 9.17) is 9.47 Å². The Morgan fingerprint density at radius 2 is 1.75 bits per heavy atom. The predicted molar refractivity (Wildman–Crippen MR) is 85.9 cm³/mol. The third kappa shape index (κ3) is 2.69. The molecular weight excluding hydrogens is 312 g/mol. The lowest BCUT2D eigenvalue weighted by Gasteiger charge is -2.20. The molecule has 6 nitrogen and oxygen atoms in total. The van der Waals surface area contributed by atoms with Gasteiger partial charge in [-0.25, -0.2) is 4.79 Å². The molecule has 122 valence electrons. The van der Waals surface area contributed by atoms with E-state index in [0.29, 0.717) is 22.4 Å². The number of hydrogen-bond acceptors (Lipinski definition) is 6. The lowest BCUT2D eigenvalue weighted by molar-refractivity contribution is 0.103. The van der Waals surface area contributed by atoms with Gasteiger partial charge in [-0.05, 0) is 48.0 Å². The van der Waals surface area contributed by atoms with Gasteiger partial charge in [0.15, 0.2) is 5.78 Å². The third-order valence-corrected chi connectivity index (χ3v) is 3.68. The number of hydrogen-bond donors (Lipinski definition) is 1. The highest BCUT2D eigenvalue weighted by atomic mass is 16.7. The Bertz CT molecular complexity index is 849. The Labute approximate surface area is 137 Å². The van der Waals surface area contributed by atoms with Gasteiger partial charge in [-0.2, -0.15) is 0 Å². The molecule has 2 aromatic rings. The molecule has 0 amide bonds. The first-order chi connectivity index (χ1) is 11.5. The van der Waals surface area contributed by atoms with Crippen LogP contribution in [-0.4, -0.2) is 31.3 Å². The molecule has 0 aromatic heterocycles. The van der Waals surface area contributed by atoms with Crippen molar-refractivity contribution in [3.05, 3.63) is 58.7 Å². The normalized spacial score (nSPS) is 11.7. The Hall–Kier alpha value is -3.28. The van der Waals surface area contributed by atoms with Crippen molar-refractivity contribution >= 4 is 23.8 Å². The second-order valence-electron chi connectivity index (χ2n) is 5.08. The maximum Gasteiger partial charge on any atom is 0.513 e. The number of ether oxygens (including phenoxy) is 3. The van der Waals surface area contributed by atoms with Gasteiger partial charge in [-0.3, -0.25) is 4.79 Å². The van der Waals surface area contributed by atoms with E-state index in [1.807, 2.05) is 0 Å². The van der Waals surface area contributed by atoms with Gasteiger partial charge in [-0.1, -0.05) is 0 Å². The number of methoxy groups -OCH3 is 2. The molecule has 24 heavy (non-hydrogen) atoms. The number of phenols is 1. The first-order valence-corrected chi connectivity index (χ1v) is 7.07. The van der Waals surface area contributed by atoms with Gasteiger partial charge in [0, 0.05) is 11.1 Å². The van der Waals surface area contributed by atoms with Crippen molar-refractivity contribution in [1.29, 1.82) is 0 Å². The Morgan fingerprint density at radius 1 is 1.04 bits per heavy atom. The zero-order valence-corrected chi connectivity index (χ0v) is 13.0. The van der Waals surface area contributed by atoms with Gasteiger partial charge in [0.2, 0.25) is 0 Å². The Balaban J connectivity index is 1.86. The van der Waals surface area contributed by atoms with Crippen LogP contribution in [0.2, 0.25) is 0 Å². The van der Waals surface area contributed by atoms with E-state index >= 15 is 0 Å². The van der Waals surface area contributed by atoms with Crippen LogP contribution >= 0.6 is 0 Å². The summed E-state index contributed by atoms with van der Waals surface area (Å²) in [7, 11) is 2.75. The largest absolute Gasteiger partial charge is 0.513 e. The van der Waals surface area contributed by atoms with E-state index in [-0.39, 0.29) is 22.9 Å². The van der Waals surface area contributed by atoms with Crippen LogP contribution in [0.4, 0.5) is 4.79 Å². The minimum Gasteiger partial charge on any atom is -0.507 e. The van der Waals surface area contributed by atoms with E-state index in [0.717, 1.165) is 0 Å². The zero-order valence-electron chi connectivity index (χ0n) is 13.0. The van der Waals surface area contributed by atoms with Gasteiger partial charge in [-0.15, -0.1) is 0 Å². The smallest absolute Gasteiger partial charge is 0.507 e. The van der Waals surface area contributed by atoms with Gasteiger partial charge in [0.25, 0.3) is 0 Å². The van der Waals surface area contributed by atoms with Crippen LogP contribution in [0.1, 0.15) is 27.0 Å². The minimum atomic E-state index is -0.843. The topological polar surface area (TPSA) is 82.1 Å². The number of benzene rings is 2. The van der Waals surface area contributed by atoms with Gasteiger partial charge in [0.1, 0.15) is 17.3 Å². The van der Waals surface area contributed by atoms with Crippen molar-refractivity contribution in [2.75, 3.05) is 14.2 Å². The average Bonchev–Trinajstić information content (AvgIpc) is 2.60. The molecule has 2 aromatic carbocycles. The van der Waals surface area contributed by atoms with E-state index in [1.165, 1.54) is 13.2 Å². The van der Waals surface area contributed by atoms with Crippen LogP contribution in [0.15, 0.2) is 36.4 Å². The molecule has 3 rings (SSSR count). The number of fused-ring (bicyclic) bond motifs is 1.